The summed E-state index contributed by atoms with van der Waals surface area (Å²) in [5, 5.41) is 21.7. The van der Waals surface area contributed by atoms with Crippen molar-refractivity contribution in [1.29, 1.82) is 0 Å². The minimum Gasteiger partial charge on any atom is -0.495 e. The Labute approximate surface area is 484 Å². The second-order valence-electron chi connectivity index (χ2n) is 21.0. The first-order chi connectivity index (χ1) is 37.3. The van der Waals surface area contributed by atoms with Gasteiger partial charge in [-0.05, 0) is 115 Å². The van der Waals surface area contributed by atoms with Crippen LogP contribution in [-0.4, -0.2) is 153 Å². The van der Waals surface area contributed by atoms with E-state index in [1.54, 1.807) is 59.2 Å². The lowest BCUT2D eigenvalue weighted by Gasteiger charge is -2.42. The van der Waals surface area contributed by atoms with Gasteiger partial charge < -0.3 is 54.4 Å². The maximum absolute atomic E-state index is 14.4. The number of nitrogens with two attached hydrogens (primary N) is 1. The van der Waals surface area contributed by atoms with Crippen molar-refractivity contribution in [3.8, 4) is 11.5 Å². The molecule has 2 aromatic carbocycles. The van der Waals surface area contributed by atoms with Crippen LogP contribution in [0.3, 0.4) is 0 Å². The lowest BCUT2D eigenvalue weighted by atomic mass is 9.83. The highest BCUT2D eigenvalue weighted by molar-refractivity contribution is 8.77. The summed E-state index contributed by atoms with van der Waals surface area (Å²) in [5.74, 6) is -0.937. The Hall–Kier alpha value is -5.36. The summed E-state index contributed by atoms with van der Waals surface area (Å²) >= 11 is 6.84. The first-order valence-electron chi connectivity index (χ1n) is 26.4. The van der Waals surface area contributed by atoms with E-state index in [1.807, 2.05) is 45.9 Å². The van der Waals surface area contributed by atoms with Crippen LogP contribution >= 0.6 is 33.2 Å². The van der Waals surface area contributed by atoms with Crippen LogP contribution in [0.2, 0.25) is 5.02 Å². The number of carbonyl (C=O) groups is 6. The van der Waals surface area contributed by atoms with Crippen molar-refractivity contribution in [2.75, 3.05) is 59.7 Å². The molecule has 0 unspecified atom stereocenters. The Kier molecular flexibility index (Phi) is 24.8. The number of alkyl carbamates (subject to hydrolysis) is 1. The smallest absolute Gasteiger partial charge is 0.409 e. The third kappa shape index (κ3) is 17.1. The Morgan fingerprint density at radius 3 is 2.49 bits per heavy atom. The van der Waals surface area contributed by atoms with E-state index < -0.39 is 70.4 Å². The number of hydrazone groups is 1. The van der Waals surface area contributed by atoms with E-state index >= 15 is 0 Å². The van der Waals surface area contributed by atoms with Crippen LogP contribution in [0.15, 0.2) is 53.2 Å². The van der Waals surface area contributed by atoms with Gasteiger partial charge in [0.25, 0.3) is 0 Å². The molecule has 0 radical (unpaired) electrons. The van der Waals surface area contributed by atoms with E-state index in [-0.39, 0.29) is 55.9 Å². The molecule has 23 heteroatoms. The number of fused-ring (bicyclic) bond motifs is 6. The molecule has 6 N–H and O–H groups in total. The van der Waals surface area contributed by atoms with Crippen LogP contribution in [0, 0.1) is 12.8 Å². The van der Waals surface area contributed by atoms with Gasteiger partial charge in [-0.2, -0.15) is 5.10 Å². The summed E-state index contributed by atoms with van der Waals surface area (Å²) in [4.78, 5) is 82.6. The average molecular weight is 1170 g/mol. The number of benzene rings is 2. The highest BCUT2D eigenvalue weighted by atomic mass is 35.5. The molecule has 5 amide bonds. The lowest BCUT2D eigenvalue weighted by molar-refractivity contribution is -0.162. The molecule has 444 valence electrons. The number of amides is 5. The number of carbonyl (C=O) groups excluding carboxylic acids is 6. The predicted octanol–water partition coefficient (Wildman–Crippen LogP) is 7.35. The molecule has 20 nitrogen and oxygen atoms in total. The number of methoxy groups -OCH3 is 2. The van der Waals surface area contributed by atoms with Crippen LogP contribution in [0.1, 0.15) is 116 Å². The molecule has 0 spiro atoms. The van der Waals surface area contributed by atoms with Crippen LogP contribution in [0.5, 0.6) is 11.5 Å². The highest BCUT2D eigenvalue weighted by Gasteiger charge is 2.64. The summed E-state index contributed by atoms with van der Waals surface area (Å²) in [5.41, 5.74) is 10.1. The van der Waals surface area contributed by atoms with E-state index in [9.17, 15) is 33.9 Å². The number of allylic oxidation sites excluding steroid dienone is 3. The van der Waals surface area contributed by atoms with Crippen molar-refractivity contribution >= 4 is 80.3 Å². The zero-order valence-electron chi connectivity index (χ0n) is 47.7. The molecular weight excluding hydrogens is 1090 g/mol. The van der Waals surface area contributed by atoms with Gasteiger partial charge in [0.1, 0.15) is 46.5 Å². The molecule has 3 heterocycles. The second-order valence-corrected chi connectivity index (χ2v) is 24.5. The molecular formula is C57H84ClN7O13S2. The van der Waals surface area contributed by atoms with Gasteiger partial charge in [0.05, 0.1) is 37.6 Å². The molecule has 1 aliphatic carbocycles. The molecule has 6 rings (SSSR count). The van der Waals surface area contributed by atoms with E-state index in [4.69, 9.17) is 40.0 Å². The average Bonchev–Trinajstić information content (AvgIpc) is 4.01. The summed E-state index contributed by atoms with van der Waals surface area (Å²) in [6.45, 7) is 13.3. The molecule has 2 aromatic rings. The van der Waals surface area contributed by atoms with E-state index in [0.29, 0.717) is 49.5 Å². The van der Waals surface area contributed by atoms with Gasteiger partial charge in [0.2, 0.25) is 23.6 Å². The van der Waals surface area contributed by atoms with Crippen molar-refractivity contribution in [2.45, 2.75) is 160 Å². The number of esters is 1. The SMILES string of the molecule is C.CN.CNC(=O)CCCOc1cc(C)c2c(c1)CC/C2=N\NC(=O)CC(C)(C)SSCCC(=O)N(C)[C@@H](C)C(=O)O[C@H]1CC(=O)N(C)c2cc(cc(OC)c2Cl)C/C(C)=C/C=C/[C@@H](OC)[C@@]2(O)C[C@H](OC(=O)N2)[C@@H](C)[C@@H]2O[C@@]12C. The summed E-state index contributed by atoms with van der Waals surface area (Å²) in [6.07, 6.45) is 3.28. The third-order valence-corrected chi connectivity index (χ3v) is 18.2. The highest BCUT2D eigenvalue weighted by Crippen LogP contribution is 2.49. The van der Waals surface area contributed by atoms with Crippen molar-refractivity contribution < 1.29 is 62.3 Å². The first kappa shape index (κ1) is 67.1. The fourth-order valence-electron chi connectivity index (χ4n) is 9.87. The number of nitrogens with one attached hydrogen (secondary N) is 3. The van der Waals surface area contributed by atoms with Crippen molar-refractivity contribution in [3.63, 3.8) is 0 Å². The molecule has 0 saturated carbocycles. The molecule has 80 heavy (non-hydrogen) atoms. The van der Waals surface area contributed by atoms with Gasteiger partial charge in [0.15, 0.2) is 5.72 Å². The standard InChI is InChI=1S/C55H75ClN6O13S2.CH5N.CH4/c1-31-15-13-16-42(71-12)55(69)29-41(73-52(68)58-55)33(3)50-54(7,75-50)43(28-47(66)62(10)39-25-35(23-31)26-40(70-11)49(39)56)74-51(67)34(4)61(9)46(65)20-22-76-77-53(5,6)30-45(64)60-59-38-19-18-36-27-37(24-32(2)48(36)38)72-21-14-17-44(63)57-8;1-2;/h13,15-16,24-27,33-34,41-43,50,69H,14,17-23,28-30H2,1-12H3,(H,57,63)(H,58,68)(H,60,64);2H2,1H3;1H4/b16-13+,31-15+,59-38+;;/t33-,34+,41+,42-,43+,50+,54+,55+;;/m1../s1. The third-order valence-electron chi connectivity index (χ3n) is 14.5. The zero-order valence-corrected chi connectivity index (χ0v) is 50.1. The molecule has 3 aliphatic heterocycles. The van der Waals surface area contributed by atoms with Gasteiger partial charge in [0, 0.05) is 75.9 Å². The number of epoxide rings is 1. The normalized spacial score (nSPS) is 25.5. The number of hydrogen-bond acceptors (Lipinski definition) is 17. The Bertz CT molecular complexity index is 2650. The fraction of sp³-hybridized carbons (Fsp3) is 0.596. The van der Waals surface area contributed by atoms with Crippen LogP contribution in [0.4, 0.5) is 10.5 Å². The van der Waals surface area contributed by atoms with E-state index in [2.05, 4.69) is 26.9 Å². The Balaban J connectivity index is 0.00000454. The van der Waals surface area contributed by atoms with Crippen LogP contribution in [0.25, 0.3) is 0 Å². The summed E-state index contributed by atoms with van der Waals surface area (Å²) < 4.78 is 35.0. The van der Waals surface area contributed by atoms with Gasteiger partial charge in [-0.3, -0.25) is 24.5 Å². The van der Waals surface area contributed by atoms with Gasteiger partial charge >= 0.3 is 12.1 Å². The number of ether oxygens (including phenoxy) is 6. The van der Waals surface area contributed by atoms with Crippen molar-refractivity contribution in [1.82, 2.24) is 21.0 Å². The fourth-order valence-corrected chi connectivity index (χ4v) is 12.7. The minimum atomic E-state index is -1.87. The number of hydrogen-bond donors (Lipinski definition) is 5. The van der Waals surface area contributed by atoms with Gasteiger partial charge in [-0.1, -0.05) is 71.3 Å². The largest absolute Gasteiger partial charge is 0.495 e. The van der Waals surface area contributed by atoms with Gasteiger partial charge in [-0.15, -0.1) is 0 Å². The number of aryl methyl sites for hydroxylation is 2. The minimum absolute atomic E-state index is 0. The number of aliphatic hydroxyl groups is 1. The number of anilines is 1. The molecule has 4 aliphatic rings. The zero-order chi connectivity index (χ0) is 58.6. The number of rotatable bonds is 18. The monoisotopic (exact) mass is 1170 g/mol. The number of nitrogens with zero attached hydrogens (tertiary/aromatic N) is 3. The maximum atomic E-state index is 14.4. The summed E-state index contributed by atoms with van der Waals surface area (Å²) in [7, 11) is 12.0. The van der Waals surface area contributed by atoms with E-state index in [0.717, 1.165) is 45.7 Å². The van der Waals surface area contributed by atoms with Crippen molar-refractivity contribution in [3.05, 3.63) is 75.3 Å². The van der Waals surface area contributed by atoms with Crippen LogP contribution < -0.4 is 36.2 Å². The Morgan fingerprint density at radius 1 is 1.10 bits per heavy atom. The maximum Gasteiger partial charge on any atom is 0.409 e. The van der Waals surface area contributed by atoms with Gasteiger partial charge in [-0.25, -0.2) is 15.0 Å². The number of likely N-dealkylation sites (N-methyl/N-ethyl adjacent to an activating group) is 1. The summed E-state index contributed by atoms with van der Waals surface area (Å²) in [6, 6.07) is 6.44. The Morgan fingerprint density at radius 2 is 1.81 bits per heavy atom. The molecule has 2 fully saturated rings. The molecule has 2 saturated heterocycles. The quantitative estimate of drug-likeness (QED) is 0.0321. The predicted molar refractivity (Wildman–Crippen MR) is 314 cm³/mol. The second kappa shape index (κ2) is 29.6. The molecule has 4 bridgehead atoms. The molecule has 0 aromatic heterocycles. The van der Waals surface area contributed by atoms with Crippen molar-refractivity contribution in [2.24, 2.45) is 16.8 Å². The molecule has 8 atom stereocenters. The van der Waals surface area contributed by atoms with Crippen LogP contribution in [-0.2, 0) is 55.8 Å². The van der Waals surface area contributed by atoms with E-state index in [1.165, 1.54) is 59.7 Å². The first-order valence-corrected chi connectivity index (χ1v) is 29.1. The number of halogens is 1. The lowest BCUT2D eigenvalue weighted by Crippen LogP contribution is -2.63. The topological polar surface area (TPSA) is 262 Å².